The molecule has 0 saturated heterocycles. The third-order valence-electron chi connectivity index (χ3n) is 1.12. The zero-order valence-electron chi connectivity index (χ0n) is 6.61. The van der Waals surface area contributed by atoms with E-state index in [1.807, 2.05) is 12.3 Å². The zero-order chi connectivity index (χ0) is 8.97. The summed E-state index contributed by atoms with van der Waals surface area (Å²) in [5.74, 6) is 0.0805. The molecule has 1 aromatic rings. The van der Waals surface area contributed by atoms with Gasteiger partial charge in [0, 0.05) is 16.8 Å². The molecule has 0 saturated carbocycles. The van der Waals surface area contributed by atoms with E-state index in [0.717, 1.165) is 10.7 Å². The van der Waals surface area contributed by atoms with E-state index in [-0.39, 0.29) is 5.75 Å². The van der Waals surface area contributed by atoms with Crippen LogP contribution in [0.1, 0.15) is 10.7 Å². The molecule has 0 aliphatic heterocycles. The maximum absolute atomic E-state index is 10.2. The molecule has 0 amide bonds. The Bertz CT molecular complexity index is 272. The summed E-state index contributed by atoms with van der Waals surface area (Å²) in [6.45, 7) is 1.93. The van der Waals surface area contributed by atoms with Crippen molar-refractivity contribution in [1.29, 1.82) is 0 Å². The standard InChI is InChI=1S/C7H9NO2S2/c1-5-2-12-6(8-5)3-11-4-7(9)10/h2H,3-4H2,1H3,(H,9,10). The second kappa shape index (κ2) is 4.47. The number of aromatic nitrogens is 1. The summed E-state index contributed by atoms with van der Waals surface area (Å²) in [6.07, 6.45) is 0. The van der Waals surface area contributed by atoms with Crippen molar-refractivity contribution in [1.82, 2.24) is 4.98 Å². The first-order valence-corrected chi connectivity index (χ1v) is 5.42. The summed E-state index contributed by atoms with van der Waals surface area (Å²) >= 11 is 2.95. The molecule has 0 atom stereocenters. The van der Waals surface area contributed by atoms with Gasteiger partial charge in [-0.2, -0.15) is 0 Å². The summed E-state index contributed by atoms with van der Waals surface area (Å²) in [4.78, 5) is 14.4. The number of aliphatic carboxylic acids is 1. The van der Waals surface area contributed by atoms with E-state index in [1.165, 1.54) is 11.8 Å². The fourth-order valence-electron chi connectivity index (χ4n) is 0.695. The fraction of sp³-hybridized carbons (Fsp3) is 0.429. The molecule has 0 aliphatic rings. The smallest absolute Gasteiger partial charge is 0.313 e. The van der Waals surface area contributed by atoms with Gasteiger partial charge in [0.05, 0.1) is 5.75 Å². The third kappa shape index (κ3) is 3.23. The second-order valence-corrected chi connectivity index (χ2v) is 4.20. The Morgan fingerprint density at radius 2 is 2.58 bits per heavy atom. The topological polar surface area (TPSA) is 50.2 Å². The maximum atomic E-state index is 10.2. The molecule has 0 spiro atoms. The van der Waals surface area contributed by atoms with Crippen molar-refractivity contribution in [3.05, 3.63) is 16.1 Å². The van der Waals surface area contributed by atoms with Crippen LogP contribution in [0.25, 0.3) is 0 Å². The van der Waals surface area contributed by atoms with Crippen LogP contribution in [0.3, 0.4) is 0 Å². The van der Waals surface area contributed by atoms with Crippen LogP contribution in [0.5, 0.6) is 0 Å². The molecular formula is C7H9NO2S2. The number of rotatable bonds is 4. The molecule has 5 heteroatoms. The highest BCUT2D eigenvalue weighted by molar-refractivity contribution is 7.99. The predicted octanol–water partition coefficient (Wildman–Crippen LogP) is 1.77. The quantitative estimate of drug-likeness (QED) is 0.810. The lowest BCUT2D eigenvalue weighted by molar-refractivity contribution is -0.133. The van der Waals surface area contributed by atoms with Crippen molar-refractivity contribution in [3.8, 4) is 0 Å². The highest BCUT2D eigenvalue weighted by Crippen LogP contribution is 2.15. The van der Waals surface area contributed by atoms with Crippen LogP contribution < -0.4 is 0 Å². The van der Waals surface area contributed by atoms with E-state index in [9.17, 15) is 4.79 Å². The molecule has 0 radical (unpaired) electrons. The second-order valence-electron chi connectivity index (χ2n) is 2.27. The van der Waals surface area contributed by atoms with Crippen LogP contribution in [0.15, 0.2) is 5.38 Å². The Morgan fingerprint density at radius 3 is 3.08 bits per heavy atom. The molecular weight excluding hydrogens is 194 g/mol. The molecule has 3 nitrogen and oxygen atoms in total. The fourth-order valence-corrected chi connectivity index (χ4v) is 2.29. The largest absolute Gasteiger partial charge is 0.481 e. The third-order valence-corrected chi connectivity index (χ3v) is 3.20. The highest BCUT2D eigenvalue weighted by Gasteiger charge is 2.01. The normalized spacial score (nSPS) is 10.1. The molecule has 0 aromatic carbocycles. The van der Waals surface area contributed by atoms with Crippen LogP contribution in [-0.2, 0) is 10.5 Å². The van der Waals surface area contributed by atoms with E-state index in [0.29, 0.717) is 5.75 Å². The van der Waals surface area contributed by atoms with Gasteiger partial charge < -0.3 is 5.11 Å². The van der Waals surface area contributed by atoms with Crippen LogP contribution in [0.2, 0.25) is 0 Å². The molecule has 0 unspecified atom stereocenters. The van der Waals surface area contributed by atoms with Crippen molar-refractivity contribution in [2.45, 2.75) is 12.7 Å². The van der Waals surface area contributed by atoms with Gasteiger partial charge in [-0.1, -0.05) is 0 Å². The Labute approximate surface area is 78.8 Å². The Hall–Kier alpha value is -0.550. The van der Waals surface area contributed by atoms with E-state index in [1.54, 1.807) is 11.3 Å². The minimum atomic E-state index is -0.770. The first-order chi connectivity index (χ1) is 5.68. The number of carbonyl (C=O) groups is 1. The van der Waals surface area contributed by atoms with Crippen LogP contribution >= 0.6 is 23.1 Å². The maximum Gasteiger partial charge on any atom is 0.313 e. The van der Waals surface area contributed by atoms with E-state index in [4.69, 9.17) is 5.11 Å². The number of carboxylic acids is 1. The minimum Gasteiger partial charge on any atom is -0.481 e. The van der Waals surface area contributed by atoms with Crippen molar-refractivity contribution in [3.63, 3.8) is 0 Å². The van der Waals surface area contributed by atoms with Gasteiger partial charge in [0.25, 0.3) is 0 Å². The Kier molecular flexibility index (Phi) is 3.55. The number of aryl methyl sites for hydroxylation is 1. The van der Waals surface area contributed by atoms with Crippen LogP contribution in [0.4, 0.5) is 0 Å². The Balaban J connectivity index is 2.29. The predicted molar refractivity (Wildman–Crippen MR) is 50.6 cm³/mol. The number of thioether (sulfide) groups is 1. The van der Waals surface area contributed by atoms with Crippen LogP contribution in [0, 0.1) is 6.92 Å². The molecule has 0 bridgehead atoms. The zero-order valence-corrected chi connectivity index (χ0v) is 8.24. The lowest BCUT2D eigenvalue weighted by Crippen LogP contribution is -1.97. The van der Waals surface area contributed by atoms with Gasteiger partial charge in [0.2, 0.25) is 0 Å². The van der Waals surface area contributed by atoms with Gasteiger partial charge >= 0.3 is 5.97 Å². The molecule has 1 aromatic heterocycles. The van der Waals surface area contributed by atoms with Gasteiger partial charge in [-0.25, -0.2) is 4.98 Å². The Morgan fingerprint density at radius 1 is 1.83 bits per heavy atom. The first kappa shape index (κ1) is 9.54. The number of hydrogen-bond acceptors (Lipinski definition) is 4. The van der Waals surface area contributed by atoms with Crippen molar-refractivity contribution < 1.29 is 9.90 Å². The number of hydrogen-bond donors (Lipinski definition) is 1. The summed E-state index contributed by atoms with van der Waals surface area (Å²) in [6, 6.07) is 0. The number of nitrogens with zero attached hydrogens (tertiary/aromatic N) is 1. The van der Waals surface area contributed by atoms with Crippen molar-refractivity contribution in [2.75, 3.05) is 5.75 Å². The van der Waals surface area contributed by atoms with Gasteiger partial charge in [-0.05, 0) is 6.92 Å². The molecule has 1 N–H and O–H groups in total. The monoisotopic (exact) mass is 203 g/mol. The molecule has 66 valence electrons. The summed E-state index contributed by atoms with van der Waals surface area (Å²) < 4.78 is 0. The number of thiazole rings is 1. The van der Waals surface area contributed by atoms with E-state index in [2.05, 4.69) is 4.98 Å². The first-order valence-electron chi connectivity index (χ1n) is 3.39. The summed E-state index contributed by atoms with van der Waals surface area (Å²) in [5.41, 5.74) is 1.01. The molecule has 0 aliphatic carbocycles. The molecule has 0 fully saturated rings. The van der Waals surface area contributed by atoms with Crippen molar-refractivity contribution >= 4 is 29.1 Å². The average Bonchev–Trinajstić information content (AvgIpc) is 2.35. The van der Waals surface area contributed by atoms with E-state index < -0.39 is 5.97 Å². The minimum absolute atomic E-state index is 0.151. The lowest BCUT2D eigenvalue weighted by Gasteiger charge is -1.92. The van der Waals surface area contributed by atoms with Crippen LogP contribution in [-0.4, -0.2) is 21.8 Å². The van der Waals surface area contributed by atoms with Gasteiger partial charge in [-0.15, -0.1) is 23.1 Å². The highest BCUT2D eigenvalue weighted by atomic mass is 32.2. The molecule has 12 heavy (non-hydrogen) atoms. The van der Waals surface area contributed by atoms with E-state index >= 15 is 0 Å². The SMILES string of the molecule is Cc1csc(CSCC(=O)O)n1. The van der Waals surface area contributed by atoms with Gasteiger partial charge in [0.15, 0.2) is 0 Å². The van der Waals surface area contributed by atoms with Gasteiger partial charge in [0.1, 0.15) is 5.01 Å². The number of carboxylic acid groups (broad SMARTS) is 1. The van der Waals surface area contributed by atoms with Gasteiger partial charge in [-0.3, -0.25) is 4.79 Å². The van der Waals surface area contributed by atoms with Crippen molar-refractivity contribution in [2.24, 2.45) is 0 Å². The summed E-state index contributed by atoms with van der Waals surface area (Å²) in [7, 11) is 0. The molecule has 1 heterocycles. The average molecular weight is 203 g/mol. The molecule has 1 rings (SSSR count). The summed E-state index contributed by atoms with van der Waals surface area (Å²) in [5, 5.41) is 11.3. The lowest BCUT2D eigenvalue weighted by atomic mass is 10.6.